The Bertz CT molecular complexity index is 375. The van der Waals surface area contributed by atoms with Crippen LogP contribution in [0.15, 0.2) is 30.3 Å². The van der Waals surface area contributed by atoms with Gasteiger partial charge in [-0.05, 0) is 5.56 Å². The van der Waals surface area contributed by atoms with Gasteiger partial charge in [0.05, 0.1) is 12.9 Å². The summed E-state index contributed by atoms with van der Waals surface area (Å²) in [6, 6.07) is 9.89. The summed E-state index contributed by atoms with van der Waals surface area (Å²) < 4.78 is 25.8. The van der Waals surface area contributed by atoms with Crippen LogP contribution in [0.4, 0.5) is 0 Å². The summed E-state index contributed by atoms with van der Waals surface area (Å²) >= 11 is 0. The van der Waals surface area contributed by atoms with Crippen LogP contribution in [0, 0.1) is 0 Å². The molecule has 1 N–H and O–H groups in total. The molecule has 4 nitrogen and oxygen atoms in total. The number of hydrogen-bond donors (Lipinski definition) is 1. The van der Waals surface area contributed by atoms with E-state index < -0.39 is 10.1 Å². The fraction of sp³-hybridized carbons (Fsp3) is 0.400. The molecular formula is C10H15NO3S. The molecule has 0 atom stereocenters. The van der Waals surface area contributed by atoms with Crippen molar-refractivity contribution in [2.75, 3.05) is 19.4 Å². The van der Waals surface area contributed by atoms with Gasteiger partial charge >= 0.3 is 0 Å². The second kappa shape index (κ2) is 5.85. The van der Waals surface area contributed by atoms with Crippen molar-refractivity contribution >= 4 is 10.1 Å². The van der Waals surface area contributed by atoms with Crippen molar-refractivity contribution in [3.05, 3.63) is 35.9 Å². The Morgan fingerprint density at radius 3 is 2.53 bits per heavy atom. The highest BCUT2D eigenvalue weighted by molar-refractivity contribution is 7.85. The van der Waals surface area contributed by atoms with Gasteiger partial charge in [-0.2, -0.15) is 8.42 Å². The number of nitrogens with one attached hydrogen (secondary N) is 1. The first-order valence-electron chi connectivity index (χ1n) is 4.67. The van der Waals surface area contributed by atoms with Crippen LogP contribution in [-0.2, 0) is 20.8 Å². The second-order valence-electron chi connectivity index (χ2n) is 3.19. The molecule has 0 spiro atoms. The quantitative estimate of drug-likeness (QED) is 0.578. The van der Waals surface area contributed by atoms with Crippen LogP contribution in [0.1, 0.15) is 5.56 Å². The van der Waals surface area contributed by atoms with Gasteiger partial charge in [-0.25, -0.2) is 0 Å². The highest BCUT2D eigenvalue weighted by atomic mass is 32.2. The lowest BCUT2D eigenvalue weighted by Crippen LogP contribution is -2.20. The maximum absolute atomic E-state index is 10.6. The Morgan fingerprint density at radius 1 is 1.27 bits per heavy atom. The van der Waals surface area contributed by atoms with E-state index in [1.165, 1.54) is 0 Å². The molecule has 84 valence electrons. The third-order valence-corrected chi connectivity index (χ3v) is 2.34. The van der Waals surface area contributed by atoms with Crippen LogP contribution < -0.4 is 5.32 Å². The van der Waals surface area contributed by atoms with E-state index in [1.807, 2.05) is 30.3 Å². The van der Waals surface area contributed by atoms with Gasteiger partial charge in [-0.1, -0.05) is 30.3 Å². The Hall–Kier alpha value is -0.910. The minimum atomic E-state index is -3.31. The van der Waals surface area contributed by atoms with Gasteiger partial charge < -0.3 is 5.32 Å². The van der Waals surface area contributed by atoms with E-state index in [2.05, 4.69) is 9.50 Å². The van der Waals surface area contributed by atoms with E-state index in [0.717, 1.165) is 11.8 Å². The Labute approximate surface area is 90.4 Å². The van der Waals surface area contributed by atoms with Crippen molar-refractivity contribution in [2.45, 2.75) is 6.54 Å². The summed E-state index contributed by atoms with van der Waals surface area (Å²) in [7, 11) is -3.31. The van der Waals surface area contributed by atoms with Gasteiger partial charge in [0.1, 0.15) is 0 Å². The van der Waals surface area contributed by atoms with Gasteiger partial charge in [0.25, 0.3) is 10.1 Å². The zero-order chi connectivity index (χ0) is 11.1. The fourth-order valence-corrected chi connectivity index (χ4v) is 1.48. The largest absolute Gasteiger partial charge is 0.310 e. The molecule has 0 aromatic heterocycles. The van der Waals surface area contributed by atoms with E-state index in [4.69, 9.17) is 0 Å². The summed E-state index contributed by atoms with van der Waals surface area (Å²) in [6.07, 6.45) is 1.05. The first-order chi connectivity index (χ1) is 7.08. The van der Waals surface area contributed by atoms with Crippen LogP contribution in [0.2, 0.25) is 0 Å². The maximum Gasteiger partial charge on any atom is 0.264 e. The Balaban J connectivity index is 2.13. The predicted octanol–water partition coefficient (Wildman–Crippen LogP) is 0.752. The van der Waals surface area contributed by atoms with E-state index >= 15 is 0 Å². The monoisotopic (exact) mass is 229 g/mol. The average Bonchev–Trinajstić information content (AvgIpc) is 2.17. The smallest absolute Gasteiger partial charge is 0.264 e. The first kappa shape index (κ1) is 12.2. The van der Waals surface area contributed by atoms with Crippen LogP contribution in [0.3, 0.4) is 0 Å². The van der Waals surface area contributed by atoms with E-state index in [0.29, 0.717) is 13.1 Å². The van der Waals surface area contributed by atoms with Crippen LogP contribution in [0.5, 0.6) is 0 Å². The lowest BCUT2D eigenvalue weighted by atomic mass is 10.2. The molecular weight excluding hydrogens is 214 g/mol. The molecule has 0 aliphatic heterocycles. The zero-order valence-electron chi connectivity index (χ0n) is 8.64. The molecule has 0 heterocycles. The van der Waals surface area contributed by atoms with Crippen LogP contribution in [-0.4, -0.2) is 27.8 Å². The van der Waals surface area contributed by atoms with Gasteiger partial charge in [-0.3, -0.25) is 4.18 Å². The Kier molecular flexibility index (Phi) is 4.74. The highest BCUT2D eigenvalue weighted by Gasteiger charge is 1.99. The van der Waals surface area contributed by atoms with Crippen LogP contribution >= 0.6 is 0 Å². The molecule has 0 saturated carbocycles. The van der Waals surface area contributed by atoms with Crippen molar-refractivity contribution in [3.63, 3.8) is 0 Å². The number of benzene rings is 1. The first-order valence-corrected chi connectivity index (χ1v) is 6.48. The third-order valence-electron chi connectivity index (χ3n) is 1.75. The highest BCUT2D eigenvalue weighted by Crippen LogP contribution is 1.96. The minimum Gasteiger partial charge on any atom is -0.310 e. The SMILES string of the molecule is CS(=O)(=O)OCCNCc1ccccc1. The normalized spacial score (nSPS) is 11.5. The molecule has 0 aliphatic carbocycles. The lowest BCUT2D eigenvalue weighted by molar-refractivity contribution is 0.318. The van der Waals surface area contributed by atoms with Gasteiger partial charge in [0, 0.05) is 13.1 Å². The zero-order valence-corrected chi connectivity index (χ0v) is 9.46. The average molecular weight is 229 g/mol. The summed E-state index contributed by atoms with van der Waals surface area (Å²) in [5.41, 5.74) is 1.16. The van der Waals surface area contributed by atoms with Crippen molar-refractivity contribution in [1.29, 1.82) is 0 Å². The van der Waals surface area contributed by atoms with Gasteiger partial charge in [-0.15, -0.1) is 0 Å². The van der Waals surface area contributed by atoms with E-state index in [1.54, 1.807) is 0 Å². The summed E-state index contributed by atoms with van der Waals surface area (Å²) in [5.74, 6) is 0. The minimum absolute atomic E-state index is 0.172. The van der Waals surface area contributed by atoms with Gasteiger partial charge in [0.15, 0.2) is 0 Å². The Morgan fingerprint density at radius 2 is 1.93 bits per heavy atom. The molecule has 0 fully saturated rings. The van der Waals surface area contributed by atoms with Crippen molar-refractivity contribution in [2.24, 2.45) is 0 Å². The number of hydrogen-bond acceptors (Lipinski definition) is 4. The van der Waals surface area contributed by atoms with E-state index in [-0.39, 0.29) is 6.61 Å². The topological polar surface area (TPSA) is 55.4 Å². The van der Waals surface area contributed by atoms with Crippen molar-refractivity contribution in [1.82, 2.24) is 5.32 Å². The fourth-order valence-electron chi connectivity index (χ4n) is 1.09. The number of rotatable bonds is 6. The molecule has 0 aliphatic rings. The molecule has 0 amide bonds. The van der Waals surface area contributed by atoms with Crippen molar-refractivity contribution < 1.29 is 12.6 Å². The van der Waals surface area contributed by atoms with E-state index in [9.17, 15) is 8.42 Å². The molecule has 1 aromatic carbocycles. The standard InChI is InChI=1S/C10H15NO3S/c1-15(12,13)14-8-7-11-9-10-5-3-2-4-6-10/h2-6,11H,7-9H2,1H3. The molecule has 0 bridgehead atoms. The molecule has 0 unspecified atom stereocenters. The molecule has 5 heteroatoms. The maximum atomic E-state index is 10.6. The second-order valence-corrected chi connectivity index (χ2v) is 4.83. The summed E-state index contributed by atoms with van der Waals surface area (Å²) in [6.45, 7) is 1.40. The molecule has 1 aromatic rings. The summed E-state index contributed by atoms with van der Waals surface area (Å²) in [4.78, 5) is 0. The van der Waals surface area contributed by atoms with Gasteiger partial charge in [0.2, 0.25) is 0 Å². The molecule has 0 saturated heterocycles. The lowest BCUT2D eigenvalue weighted by Gasteiger charge is -2.04. The molecule has 1 rings (SSSR count). The molecule has 0 radical (unpaired) electrons. The summed E-state index contributed by atoms with van der Waals surface area (Å²) in [5, 5.41) is 3.08. The van der Waals surface area contributed by atoms with Crippen molar-refractivity contribution in [3.8, 4) is 0 Å². The van der Waals surface area contributed by atoms with Crippen LogP contribution in [0.25, 0.3) is 0 Å². The molecule has 15 heavy (non-hydrogen) atoms. The third kappa shape index (κ3) is 6.22. The predicted molar refractivity (Wildman–Crippen MR) is 58.9 cm³/mol.